The van der Waals surface area contributed by atoms with Gasteiger partial charge in [-0.15, -0.1) is 25.3 Å². The molecule has 0 heterocycles. The van der Waals surface area contributed by atoms with Crippen molar-refractivity contribution in [1.82, 2.24) is 0 Å². The van der Waals surface area contributed by atoms with E-state index in [-0.39, 0.29) is 31.0 Å². The van der Waals surface area contributed by atoms with Gasteiger partial charge in [-0.05, 0) is 24.7 Å². The summed E-state index contributed by atoms with van der Waals surface area (Å²) in [4.78, 5) is 0. The molecule has 0 nitrogen and oxygen atoms in total. The summed E-state index contributed by atoms with van der Waals surface area (Å²) in [6.45, 7) is 8.51. The molecule has 15 heavy (non-hydrogen) atoms. The molecule has 0 fully saturated rings. The first kappa shape index (κ1) is 22.1. The maximum absolute atomic E-state index is 4.74. The summed E-state index contributed by atoms with van der Waals surface area (Å²) in [7, 11) is 0. The molecule has 0 aliphatic heterocycles. The molecule has 0 spiro atoms. The molecule has 0 aromatic carbocycles. The molecular weight excluding hydrogens is 271 g/mol. The van der Waals surface area contributed by atoms with Crippen LogP contribution in [-0.2, 0) is 0 Å². The molecular formula is C10H21NaS4. The average Bonchev–Trinajstić information content (AvgIpc) is 1.79. The van der Waals surface area contributed by atoms with Crippen LogP contribution >= 0.6 is 49.7 Å². The van der Waals surface area contributed by atoms with Crippen LogP contribution in [0.1, 0.15) is 42.0 Å². The average molecular weight is 293 g/mol. The molecule has 0 aliphatic carbocycles. The number of hydrogen-bond acceptors (Lipinski definition) is 2. The SMILES string of the molecule is CC(C)CC(=S)S.CC(C)CC(=S)S.[H-].[Na+]. The van der Waals surface area contributed by atoms with Crippen LogP contribution in [0.4, 0.5) is 0 Å². The van der Waals surface area contributed by atoms with Crippen LogP contribution in [0, 0.1) is 11.8 Å². The Balaban J connectivity index is -0.0000000800. The van der Waals surface area contributed by atoms with Crippen LogP contribution in [0.5, 0.6) is 0 Å². The van der Waals surface area contributed by atoms with Crippen molar-refractivity contribution in [1.29, 1.82) is 0 Å². The van der Waals surface area contributed by atoms with Crippen molar-refractivity contribution < 1.29 is 31.0 Å². The first-order valence-corrected chi connectivity index (χ1v) is 6.40. The standard InChI is InChI=1S/2C5H10S2.Na.H/c2*1-4(2)3-5(6)7;;/h2*4H,3H2,1-2H3,(H,6,7);;/q;;+1;-1. The van der Waals surface area contributed by atoms with Gasteiger partial charge >= 0.3 is 29.6 Å². The van der Waals surface area contributed by atoms with E-state index in [1.165, 1.54) is 0 Å². The molecule has 0 aliphatic rings. The van der Waals surface area contributed by atoms with E-state index in [4.69, 9.17) is 24.4 Å². The Labute approximate surface area is 140 Å². The summed E-state index contributed by atoms with van der Waals surface area (Å²) >= 11 is 17.4. The number of thiocarbonyl (C=S) groups is 2. The smallest absolute Gasteiger partial charge is 1.00 e. The van der Waals surface area contributed by atoms with Gasteiger partial charge in [-0.2, -0.15) is 0 Å². The van der Waals surface area contributed by atoms with Gasteiger partial charge in [0.2, 0.25) is 0 Å². The first-order chi connectivity index (χ1) is 6.25. The Morgan fingerprint density at radius 2 is 1.13 bits per heavy atom. The van der Waals surface area contributed by atoms with Crippen molar-refractivity contribution in [2.45, 2.75) is 40.5 Å². The number of thiol groups is 2. The molecule has 5 heteroatoms. The fourth-order valence-electron chi connectivity index (χ4n) is 0.698. The third-order valence-electron chi connectivity index (χ3n) is 1.17. The van der Waals surface area contributed by atoms with Gasteiger partial charge in [0.25, 0.3) is 0 Å². The zero-order valence-corrected chi connectivity index (χ0v) is 15.7. The molecule has 0 saturated carbocycles. The van der Waals surface area contributed by atoms with E-state index >= 15 is 0 Å². The van der Waals surface area contributed by atoms with E-state index in [0.717, 1.165) is 21.2 Å². The second kappa shape index (κ2) is 13.9. The van der Waals surface area contributed by atoms with Crippen LogP contribution in [0.15, 0.2) is 0 Å². The Morgan fingerprint density at radius 1 is 0.933 bits per heavy atom. The summed E-state index contributed by atoms with van der Waals surface area (Å²) < 4.78 is 1.63. The Hall–Kier alpha value is 1.88. The number of rotatable bonds is 4. The molecule has 0 atom stereocenters. The molecule has 0 radical (unpaired) electrons. The minimum atomic E-state index is 0. The van der Waals surface area contributed by atoms with E-state index in [9.17, 15) is 0 Å². The van der Waals surface area contributed by atoms with Gasteiger partial charge in [-0.25, -0.2) is 0 Å². The Bertz CT molecular complexity index is 164. The molecule has 0 aromatic rings. The fourth-order valence-corrected chi connectivity index (χ4v) is 2.10. The van der Waals surface area contributed by atoms with Gasteiger partial charge in [0, 0.05) is 8.39 Å². The van der Waals surface area contributed by atoms with Gasteiger partial charge < -0.3 is 1.43 Å². The van der Waals surface area contributed by atoms with Crippen LogP contribution in [0.3, 0.4) is 0 Å². The quantitative estimate of drug-likeness (QED) is 0.460. The van der Waals surface area contributed by atoms with E-state index < -0.39 is 0 Å². The Kier molecular flexibility index (Phi) is 20.5. The van der Waals surface area contributed by atoms with E-state index in [2.05, 4.69) is 53.0 Å². The van der Waals surface area contributed by atoms with Gasteiger partial charge in [-0.1, -0.05) is 52.1 Å². The maximum Gasteiger partial charge on any atom is 1.00 e. The fraction of sp³-hybridized carbons (Fsp3) is 0.800. The molecule has 0 N–H and O–H groups in total. The molecule has 0 unspecified atom stereocenters. The predicted octanol–water partition coefficient (Wildman–Crippen LogP) is 1.70. The van der Waals surface area contributed by atoms with Crippen molar-refractivity contribution in [3.05, 3.63) is 0 Å². The molecule has 86 valence electrons. The maximum atomic E-state index is 4.74. The normalized spacial score (nSPS) is 9.07. The second-order valence-electron chi connectivity index (χ2n) is 3.98. The topological polar surface area (TPSA) is 0 Å². The van der Waals surface area contributed by atoms with Crippen molar-refractivity contribution in [3.8, 4) is 0 Å². The summed E-state index contributed by atoms with van der Waals surface area (Å²) in [5, 5.41) is 0. The van der Waals surface area contributed by atoms with Gasteiger partial charge in [0.15, 0.2) is 0 Å². The molecule has 0 saturated heterocycles. The van der Waals surface area contributed by atoms with Crippen molar-refractivity contribution in [2.75, 3.05) is 0 Å². The van der Waals surface area contributed by atoms with Crippen molar-refractivity contribution in [2.24, 2.45) is 11.8 Å². The van der Waals surface area contributed by atoms with Crippen LogP contribution in [-0.4, -0.2) is 8.39 Å². The molecule has 0 bridgehead atoms. The minimum absolute atomic E-state index is 0. The van der Waals surface area contributed by atoms with E-state index in [1.807, 2.05) is 0 Å². The monoisotopic (exact) mass is 292 g/mol. The van der Waals surface area contributed by atoms with E-state index in [1.54, 1.807) is 0 Å². The van der Waals surface area contributed by atoms with Crippen molar-refractivity contribution in [3.63, 3.8) is 0 Å². The number of hydrogen-bond donors (Lipinski definition) is 2. The first-order valence-electron chi connectivity index (χ1n) is 4.69. The molecule has 0 aromatic heterocycles. The largest absolute Gasteiger partial charge is 1.00 e. The van der Waals surface area contributed by atoms with E-state index in [0.29, 0.717) is 11.8 Å². The summed E-state index contributed by atoms with van der Waals surface area (Å²) in [5.74, 6) is 1.31. The Morgan fingerprint density at radius 3 is 1.13 bits per heavy atom. The third kappa shape index (κ3) is 31.3. The minimum Gasteiger partial charge on any atom is -1.00 e. The van der Waals surface area contributed by atoms with Crippen LogP contribution < -0.4 is 29.6 Å². The third-order valence-corrected chi connectivity index (χ3v) is 1.86. The summed E-state index contributed by atoms with van der Waals surface area (Å²) in [5.41, 5.74) is 0. The zero-order valence-electron chi connectivity index (χ0n) is 11.3. The van der Waals surface area contributed by atoms with Gasteiger partial charge in [0.05, 0.1) is 0 Å². The van der Waals surface area contributed by atoms with Crippen molar-refractivity contribution >= 4 is 58.1 Å². The zero-order chi connectivity index (χ0) is 11.7. The summed E-state index contributed by atoms with van der Waals surface area (Å²) in [6, 6.07) is 0. The molecule has 0 amide bonds. The van der Waals surface area contributed by atoms with Crippen LogP contribution in [0.2, 0.25) is 0 Å². The van der Waals surface area contributed by atoms with Crippen LogP contribution in [0.25, 0.3) is 0 Å². The second-order valence-corrected chi connectivity index (χ2v) is 6.65. The molecule has 0 rings (SSSR count). The van der Waals surface area contributed by atoms with Gasteiger partial charge in [-0.3, -0.25) is 0 Å². The van der Waals surface area contributed by atoms with Gasteiger partial charge in [0.1, 0.15) is 0 Å². The summed E-state index contributed by atoms with van der Waals surface area (Å²) in [6.07, 6.45) is 1.91. The predicted molar refractivity (Wildman–Crippen MR) is 83.2 cm³/mol.